The Kier molecular flexibility index (Phi) is 5.02. The SMILES string of the molecule is Cc1ccc(C(C)(C)c2ccc(N3CCc4cnc(-c5ncsn5)nc4C3)cc2)cc1. The molecule has 2 aromatic heterocycles. The molecule has 5 nitrogen and oxygen atoms in total. The number of hydrogen-bond donors (Lipinski definition) is 0. The van der Waals surface area contributed by atoms with Crippen molar-refractivity contribution in [1.29, 1.82) is 0 Å². The predicted octanol–water partition coefficient (Wildman–Crippen LogP) is 5.19. The van der Waals surface area contributed by atoms with Gasteiger partial charge in [-0.15, -0.1) is 0 Å². The molecule has 0 N–H and O–H groups in total. The summed E-state index contributed by atoms with van der Waals surface area (Å²) in [6, 6.07) is 17.8. The summed E-state index contributed by atoms with van der Waals surface area (Å²) >= 11 is 1.32. The van der Waals surface area contributed by atoms with Gasteiger partial charge in [0.05, 0.1) is 12.2 Å². The Bertz CT molecular complexity index is 1180. The number of rotatable bonds is 4. The van der Waals surface area contributed by atoms with E-state index in [1.165, 1.54) is 39.5 Å². The number of benzene rings is 2. The van der Waals surface area contributed by atoms with E-state index in [4.69, 9.17) is 4.98 Å². The zero-order valence-electron chi connectivity index (χ0n) is 18.0. The summed E-state index contributed by atoms with van der Waals surface area (Å²) in [5.41, 5.74) is 9.11. The Morgan fingerprint density at radius 1 is 0.903 bits per heavy atom. The van der Waals surface area contributed by atoms with Gasteiger partial charge in [-0.3, -0.25) is 0 Å². The van der Waals surface area contributed by atoms with Crippen molar-refractivity contribution in [2.45, 2.75) is 39.2 Å². The van der Waals surface area contributed by atoms with Crippen molar-refractivity contribution in [2.24, 2.45) is 0 Å². The van der Waals surface area contributed by atoms with Crippen molar-refractivity contribution in [3.8, 4) is 11.6 Å². The smallest absolute Gasteiger partial charge is 0.210 e. The Morgan fingerprint density at radius 3 is 2.29 bits per heavy atom. The van der Waals surface area contributed by atoms with E-state index in [-0.39, 0.29) is 5.41 Å². The third-order valence-corrected chi connectivity index (χ3v) is 6.71. The largest absolute Gasteiger partial charge is 0.365 e. The molecule has 1 aliphatic heterocycles. The average Bonchev–Trinajstić information content (AvgIpc) is 3.34. The summed E-state index contributed by atoms with van der Waals surface area (Å²) in [7, 11) is 0. The van der Waals surface area contributed by atoms with Crippen molar-refractivity contribution in [3.05, 3.63) is 88.2 Å². The van der Waals surface area contributed by atoms with Crippen LogP contribution in [0.1, 0.15) is 41.8 Å². The van der Waals surface area contributed by atoms with Crippen LogP contribution in [0, 0.1) is 6.92 Å². The lowest BCUT2D eigenvalue weighted by Crippen LogP contribution is -2.31. The topological polar surface area (TPSA) is 54.8 Å². The van der Waals surface area contributed by atoms with E-state index < -0.39 is 0 Å². The van der Waals surface area contributed by atoms with Gasteiger partial charge in [0, 0.05) is 23.8 Å². The summed E-state index contributed by atoms with van der Waals surface area (Å²) in [5.74, 6) is 1.21. The second-order valence-corrected chi connectivity index (χ2v) is 9.23. The molecule has 2 aromatic carbocycles. The molecule has 0 fully saturated rings. The molecule has 0 unspecified atom stereocenters. The minimum absolute atomic E-state index is 0.0383. The summed E-state index contributed by atoms with van der Waals surface area (Å²) in [5, 5.41) is 0. The highest BCUT2D eigenvalue weighted by molar-refractivity contribution is 7.03. The molecular weight excluding hydrogens is 402 g/mol. The Morgan fingerprint density at radius 2 is 1.61 bits per heavy atom. The summed E-state index contributed by atoms with van der Waals surface area (Å²) in [4.78, 5) is 15.9. The van der Waals surface area contributed by atoms with Crippen LogP contribution in [0.15, 0.2) is 60.2 Å². The molecule has 0 saturated carbocycles. The number of hydrogen-bond acceptors (Lipinski definition) is 6. The van der Waals surface area contributed by atoms with Gasteiger partial charge in [-0.05, 0) is 53.7 Å². The van der Waals surface area contributed by atoms with Crippen LogP contribution < -0.4 is 4.90 Å². The highest BCUT2D eigenvalue weighted by Crippen LogP contribution is 2.33. The molecule has 0 radical (unpaired) electrons. The van der Waals surface area contributed by atoms with Crippen LogP contribution >= 0.6 is 11.5 Å². The van der Waals surface area contributed by atoms with Crippen LogP contribution in [-0.4, -0.2) is 25.9 Å². The lowest BCUT2D eigenvalue weighted by atomic mass is 9.78. The number of aromatic nitrogens is 4. The number of aryl methyl sites for hydroxylation is 1. The standard InChI is InChI=1S/C25H25N5S/c1-17-4-6-19(7-5-17)25(2,3)20-8-10-21(11-9-20)30-13-12-18-14-26-23(28-22(18)15-30)24-27-16-31-29-24/h4-11,14,16H,12-13,15H2,1-3H3. The third-order valence-electron chi connectivity index (χ3n) is 6.23. The molecule has 3 heterocycles. The van der Waals surface area contributed by atoms with Gasteiger partial charge in [0.1, 0.15) is 5.51 Å². The second-order valence-electron chi connectivity index (χ2n) is 8.63. The zero-order valence-corrected chi connectivity index (χ0v) is 18.9. The van der Waals surface area contributed by atoms with Crippen molar-refractivity contribution in [3.63, 3.8) is 0 Å². The lowest BCUT2D eigenvalue weighted by Gasteiger charge is -2.31. The molecule has 4 aromatic rings. The third kappa shape index (κ3) is 3.83. The van der Waals surface area contributed by atoms with E-state index >= 15 is 0 Å². The average molecular weight is 428 g/mol. The fraction of sp³-hybridized carbons (Fsp3) is 0.280. The highest BCUT2D eigenvalue weighted by Gasteiger charge is 2.24. The molecule has 0 atom stereocenters. The zero-order chi connectivity index (χ0) is 21.4. The van der Waals surface area contributed by atoms with Gasteiger partial charge < -0.3 is 4.90 Å². The minimum atomic E-state index is -0.0383. The van der Waals surface area contributed by atoms with Crippen LogP contribution in [0.2, 0.25) is 0 Å². The monoisotopic (exact) mass is 427 g/mol. The van der Waals surface area contributed by atoms with Crippen LogP contribution in [0.3, 0.4) is 0 Å². The Hall–Kier alpha value is -3.12. The second kappa shape index (κ2) is 7.85. The maximum absolute atomic E-state index is 4.76. The first-order chi connectivity index (χ1) is 15.0. The fourth-order valence-corrected chi connectivity index (χ4v) is 4.55. The summed E-state index contributed by atoms with van der Waals surface area (Å²) in [6.07, 6.45) is 2.87. The van der Waals surface area contributed by atoms with Crippen molar-refractivity contribution in [2.75, 3.05) is 11.4 Å². The quantitative estimate of drug-likeness (QED) is 0.448. The van der Waals surface area contributed by atoms with E-state index in [1.54, 1.807) is 5.51 Å². The van der Waals surface area contributed by atoms with Crippen molar-refractivity contribution in [1.82, 2.24) is 19.3 Å². The summed E-state index contributed by atoms with van der Waals surface area (Å²) < 4.78 is 4.27. The van der Waals surface area contributed by atoms with Gasteiger partial charge in [-0.2, -0.15) is 4.37 Å². The number of nitrogens with zero attached hydrogens (tertiary/aromatic N) is 5. The van der Waals surface area contributed by atoms with Gasteiger partial charge in [0.15, 0.2) is 5.82 Å². The van der Waals surface area contributed by atoms with E-state index in [0.29, 0.717) is 11.6 Å². The van der Waals surface area contributed by atoms with Gasteiger partial charge in [-0.25, -0.2) is 15.0 Å². The molecule has 0 amide bonds. The Labute approximate surface area is 187 Å². The minimum Gasteiger partial charge on any atom is -0.365 e. The van der Waals surface area contributed by atoms with Crippen molar-refractivity contribution < 1.29 is 0 Å². The van der Waals surface area contributed by atoms with Crippen LogP contribution in [-0.2, 0) is 18.4 Å². The molecule has 31 heavy (non-hydrogen) atoms. The maximum Gasteiger partial charge on any atom is 0.210 e. The number of fused-ring (bicyclic) bond motifs is 1. The molecule has 0 aliphatic carbocycles. The highest BCUT2D eigenvalue weighted by atomic mass is 32.1. The van der Waals surface area contributed by atoms with E-state index in [1.807, 2.05) is 6.20 Å². The van der Waals surface area contributed by atoms with Gasteiger partial charge >= 0.3 is 0 Å². The fourth-order valence-electron chi connectivity index (χ4n) is 4.13. The lowest BCUT2D eigenvalue weighted by molar-refractivity contribution is 0.640. The van der Waals surface area contributed by atoms with Gasteiger partial charge in [-0.1, -0.05) is 55.8 Å². The molecule has 1 aliphatic rings. The first kappa shape index (κ1) is 19.8. The number of anilines is 1. The Balaban J connectivity index is 1.37. The molecule has 0 bridgehead atoms. The van der Waals surface area contributed by atoms with Crippen molar-refractivity contribution >= 4 is 17.2 Å². The van der Waals surface area contributed by atoms with Gasteiger partial charge in [0.2, 0.25) is 5.82 Å². The molecule has 5 rings (SSSR count). The predicted molar refractivity (Wildman–Crippen MR) is 125 cm³/mol. The first-order valence-electron chi connectivity index (χ1n) is 10.5. The maximum atomic E-state index is 4.76. The van der Waals surface area contributed by atoms with E-state index in [9.17, 15) is 0 Å². The molecule has 0 saturated heterocycles. The molecule has 156 valence electrons. The summed E-state index contributed by atoms with van der Waals surface area (Å²) in [6.45, 7) is 8.44. The molecular formula is C25H25N5S. The normalized spacial score (nSPS) is 13.8. The molecule has 0 spiro atoms. The van der Waals surface area contributed by atoms with E-state index in [0.717, 1.165) is 25.2 Å². The molecule has 6 heteroatoms. The van der Waals surface area contributed by atoms with E-state index in [2.05, 4.69) is 88.5 Å². The van der Waals surface area contributed by atoms with Gasteiger partial charge in [0.25, 0.3) is 0 Å². The first-order valence-corrected chi connectivity index (χ1v) is 11.4. The van der Waals surface area contributed by atoms with Crippen LogP contribution in [0.4, 0.5) is 5.69 Å². The van der Waals surface area contributed by atoms with Crippen LogP contribution in [0.5, 0.6) is 0 Å². The van der Waals surface area contributed by atoms with Crippen LogP contribution in [0.25, 0.3) is 11.6 Å².